The van der Waals surface area contributed by atoms with Crippen molar-refractivity contribution >= 4 is 17.9 Å². The average molecular weight is 682 g/mol. The Hall–Kier alpha value is -4.11. The number of hydrogen-bond donors (Lipinski definition) is 3. The van der Waals surface area contributed by atoms with Gasteiger partial charge in [0.1, 0.15) is 6.33 Å². The summed E-state index contributed by atoms with van der Waals surface area (Å²) in [6.07, 6.45) is -5.40. The standard InChI is InChI=1S/C19H25N5O.3C2HF3O2/c1-23(11-15-9-20-14-21-10-15)18-13-24(12-16-5-2-3-7-22-16)17-6-4-8-25-19(17)18;3*3-2(4,5)1(6)7/h2-3,5,7,9-10,14,17-19H,4,6,8,11-13H2,1H3;3*(H,6,7)/t17-,18+,19+;;;/m1.../s1. The molecule has 3 atom stereocenters. The van der Waals surface area contributed by atoms with E-state index in [1.54, 1.807) is 6.33 Å². The number of carboxylic acid groups (broad SMARTS) is 3. The van der Waals surface area contributed by atoms with Crippen LogP contribution in [0.1, 0.15) is 24.1 Å². The third-order valence-electron chi connectivity index (χ3n) is 6.03. The van der Waals surface area contributed by atoms with E-state index in [-0.39, 0.29) is 6.10 Å². The van der Waals surface area contributed by atoms with Crippen LogP contribution in [0.3, 0.4) is 0 Å². The van der Waals surface area contributed by atoms with Crippen LogP contribution in [-0.2, 0) is 32.2 Å². The van der Waals surface area contributed by atoms with Crippen molar-refractivity contribution in [2.75, 3.05) is 20.2 Å². The SMILES string of the molecule is CN(Cc1cncnc1)[C@H]1CN(Cc2ccccn2)[C@@H]2CCCO[C@@H]21.O=C(O)C(F)(F)F.O=C(O)C(F)(F)F.O=C(O)C(F)(F)F. The van der Waals surface area contributed by atoms with Crippen LogP contribution in [0.25, 0.3) is 0 Å². The molecule has 2 aliphatic rings. The largest absolute Gasteiger partial charge is 0.490 e. The number of rotatable bonds is 5. The van der Waals surface area contributed by atoms with Crippen LogP contribution in [0.2, 0.25) is 0 Å². The Labute approximate surface area is 254 Å². The van der Waals surface area contributed by atoms with Crippen LogP contribution in [0, 0.1) is 0 Å². The fourth-order valence-electron chi connectivity index (χ4n) is 4.11. The minimum atomic E-state index is -5.08. The number of aliphatic carboxylic acids is 3. The van der Waals surface area contributed by atoms with Crippen LogP contribution in [0.5, 0.6) is 0 Å². The third kappa shape index (κ3) is 14.3. The van der Waals surface area contributed by atoms with Crippen LogP contribution < -0.4 is 0 Å². The molecule has 46 heavy (non-hydrogen) atoms. The Morgan fingerprint density at radius 3 is 1.85 bits per heavy atom. The number of halogens is 9. The molecular formula is C25H28F9N5O7. The van der Waals surface area contributed by atoms with E-state index in [4.69, 9.17) is 34.4 Å². The minimum Gasteiger partial charge on any atom is -0.475 e. The molecular weight excluding hydrogens is 653 g/mol. The molecule has 2 fully saturated rings. The van der Waals surface area contributed by atoms with Crippen LogP contribution in [0.15, 0.2) is 43.1 Å². The zero-order chi connectivity index (χ0) is 35.3. The summed E-state index contributed by atoms with van der Waals surface area (Å²) in [6.45, 7) is 3.62. The molecule has 0 amide bonds. The minimum absolute atomic E-state index is 0.270. The molecule has 21 heteroatoms. The summed E-state index contributed by atoms with van der Waals surface area (Å²) in [5, 5.41) is 21.4. The van der Waals surface area contributed by atoms with Gasteiger partial charge in [-0.2, -0.15) is 39.5 Å². The van der Waals surface area contributed by atoms with E-state index in [9.17, 15) is 39.5 Å². The second-order valence-corrected chi connectivity index (χ2v) is 9.43. The number of fused-ring (bicyclic) bond motifs is 1. The molecule has 12 nitrogen and oxygen atoms in total. The molecule has 3 N–H and O–H groups in total. The smallest absolute Gasteiger partial charge is 0.475 e. The van der Waals surface area contributed by atoms with E-state index in [1.165, 1.54) is 6.42 Å². The average Bonchev–Trinajstić information content (AvgIpc) is 3.32. The number of nitrogens with zero attached hydrogens (tertiary/aromatic N) is 5. The fraction of sp³-hybridized carbons (Fsp3) is 0.520. The molecule has 2 aromatic heterocycles. The molecule has 0 unspecified atom stereocenters. The summed E-state index contributed by atoms with van der Waals surface area (Å²) in [5.41, 5.74) is 2.27. The summed E-state index contributed by atoms with van der Waals surface area (Å²) in [6, 6.07) is 7.01. The Morgan fingerprint density at radius 1 is 0.913 bits per heavy atom. The normalized spacial score (nSPS) is 19.7. The summed E-state index contributed by atoms with van der Waals surface area (Å²) >= 11 is 0. The number of likely N-dealkylation sites (tertiary alicyclic amines) is 1. The van der Waals surface area contributed by atoms with Crippen LogP contribution in [-0.4, -0.2) is 115 Å². The Kier molecular flexibility index (Phi) is 15.2. The first-order valence-electron chi connectivity index (χ1n) is 12.7. The van der Waals surface area contributed by atoms with Crippen molar-refractivity contribution in [1.82, 2.24) is 24.8 Å². The topological polar surface area (TPSA) is 166 Å². The lowest BCUT2D eigenvalue weighted by Gasteiger charge is -2.34. The van der Waals surface area contributed by atoms with E-state index in [2.05, 4.69) is 43.9 Å². The Morgan fingerprint density at radius 2 is 1.41 bits per heavy atom. The summed E-state index contributed by atoms with van der Waals surface area (Å²) < 4.78 is 101. The maximum Gasteiger partial charge on any atom is 0.490 e. The molecule has 4 rings (SSSR count). The number of carboxylic acids is 3. The predicted octanol–water partition coefficient (Wildman–Crippen LogP) is 3.64. The highest BCUT2D eigenvalue weighted by Crippen LogP contribution is 2.32. The first-order chi connectivity index (χ1) is 21.1. The van der Waals surface area contributed by atoms with Crippen molar-refractivity contribution in [2.24, 2.45) is 0 Å². The summed E-state index contributed by atoms with van der Waals surface area (Å²) in [5.74, 6) is -8.27. The van der Waals surface area contributed by atoms with Crippen molar-refractivity contribution in [3.05, 3.63) is 54.4 Å². The van der Waals surface area contributed by atoms with Crippen molar-refractivity contribution in [3.63, 3.8) is 0 Å². The van der Waals surface area contributed by atoms with Gasteiger partial charge < -0.3 is 20.1 Å². The lowest BCUT2D eigenvalue weighted by Crippen LogP contribution is -2.46. The van der Waals surface area contributed by atoms with E-state index in [1.807, 2.05) is 24.7 Å². The van der Waals surface area contributed by atoms with Gasteiger partial charge in [-0.1, -0.05) is 6.07 Å². The van der Waals surface area contributed by atoms with E-state index in [0.29, 0.717) is 12.1 Å². The maximum absolute atomic E-state index is 10.6. The predicted molar refractivity (Wildman–Crippen MR) is 136 cm³/mol. The van der Waals surface area contributed by atoms with Gasteiger partial charge in [0.15, 0.2) is 0 Å². The van der Waals surface area contributed by atoms with Gasteiger partial charge in [0.25, 0.3) is 0 Å². The first kappa shape index (κ1) is 39.9. The van der Waals surface area contributed by atoms with E-state index in [0.717, 1.165) is 43.9 Å². The molecule has 0 aliphatic carbocycles. The first-order valence-corrected chi connectivity index (χ1v) is 12.7. The van der Waals surface area contributed by atoms with Crippen molar-refractivity contribution in [3.8, 4) is 0 Å². The Balaban J connectivity index is 0.000000413. The zero-order valence-electron chi connectivity index (χ0n) is 23.6. The van der Waals surface area contributed by atoms with Gasteiger partial charge in [-0.15, -0.1) is 0 Å². The van der Waals surface area contributed by atoms with Gasteiger partial charge in [0, 0.05) is 56.4 Å². The number of likely N-dealkylation sites (N-methyl/N-ethyl adjacent to an activating group) is 1. The van der Waals surface area contributed by atoms with Gasteiger partial charge >= 0.3 is 36.4 Å². The molecule has 0 radical (unpaired) electrons. The molecule has 0 saturated carbocycles. The zero-order valence-corrected chi connectivity index (χ0v) is 23.6. The monoisotopic (exact) mass is 681 g/mol. The molecule has 0 aromatic carbocycles. The van der Waals surface area contributed by atoms with E-state index < -0.39 is 36.4 Å². The number of aromatic nitrogens is 3. The molecule has 2 aromatic rings. The highest BCUT2D eigenvalue weighted by atomic mass is 19.4. The Bertz CT molecular complexity index is 1180. The number of hydrogen-bond acceptors (Lipinski definition) is 9. The van der Waals surface area contributed by atoms with Crippen molar-refractivity contribution < 1.29 is 74.0 Å². The lowest BCUT2D eigenvalue weighted by atomic mass is 10.00. The molecule has 2 aliphatic heterocycles. The molecule has 0 spiro atoms. The van der Waals surface area contributed by atoms with Crippen molar-refractivity contribution in [1.29, 1.82) is 0 Å². The number of ether oxygens (including phenoxy) is 1. The van der Waals surface area contributed by atoms with Crippen LogP contribution >= 0.6 is 0 Å². The van der Waals surface area contributed by atoms with Gasteiger partial charge in [0.05, 0.1) is 17.8 Å². The summed E-state index contributed by atoms with van der Waals surface area (Å²) in [7, 11) is 2.18. The number of carbonyl (C=O) groups is 3. The quantitative estimate of drug-likeness (QED) is 0.393. The van der Waals surface area contributed by atoms with Gasteiger partial charge in [-0.05, 0) is 32.0 Å². The molecule has 2 saturated heterocycles. The number of alkyl halides is 9. The summed E-state index contributed by atoms with van der Waals surface area (Å²) in [4.78, 5) is 44.4. The molecule has 4 heterocycles. The number of pyridine rings is 1. The van der Waals surface area contributed by atoms with Crippen molar-refractivity contribution in [2.45, 2.75) is 62.6 Å². The lowest BCUT2D eigenvalue weighted by molar-refractivity contribution is -0.193. The van der Waals surface area contributed by atoms with Gasteiger partial charge in [0.2, 0.25) is 0 Å². The highest BCUT2D eigenvalue weighted by molar-refractivity contribution is 5.73. The second kappa shape index (κ2) is 17.5. The van der Waals surface area contributed by atoms with Crippen LogP contribution in [0.4, 0.5) is 39.5 Å². The fourth-order valence-corrected chi connectivity index (χ4v) is 4.11. The van der Waals surface area contributed by atoms with E-state index >= 15 is 0 Å². The maximum atomic E-state index is 10.6. The van der Waals surface area contributed by atoms with Gasteiger partial charge in [-0.25, -0.2) is 24.4 Å². The second-order valence-electron chi connectivity index (χ2n) is 9.43. The third-order valence-corrected chi connectivity index (χ3v) is 6.03. The molecule has 258 valence electrons. The van der Waals surface area contributed by atoms with Gasteiger partial charge in [-0.3, -0.25) is 14.8 Å². The highest BCUT2D eigenvalue weighted by Gasteiger charge is 2.45. The molecule has 0 bridgehead atoms.